The number of aliphatic imine (C=N–C) groups is 1. The SMILES string of the molecule is CCNC(=NCC1CN2CCN1CC2)NC1CCN(Cc2ccc(F)cc2)CC1.I. The third-order valence-corrected chi connectivity index (χ3v) is 6.44. The monoisotopic (exact) mass is 530 g/mol. The van der Waals surface area contributed by atoms with Crippen LogP contribution in [0.2, 0.25) is 0 Å². The van der Waals surface area contributed by atoms with Gasteiger partial charge in [-0.1, -0.05) is 12.1 Å². The fraction of sp³-hybridized carbons (Fsp3) is 0.682. The van der Waals surface area contributed by atoms with Crippen LogP contribution in [-0.2, 0) is 6.54 Å². The van der Waals surface area contributed by atoms with Crippen molar-refractivity contribution in [3.8, 4) is 0 Å². The highest BCUT2D eigenvalue weighted by Gasteiger charge is 2.31. The molecule has 1 unspecified atom stereocenters. The van der Waals surface area contributed by atoms with Gasteiger partial charge in [-0.3, -0.25) is 19.7 Å². The van der Waals surface area contributed by atoms with E-state index in [9.17, 15) is 4.39 Å². The van der Waals surface area contributed by atoms with Gasteiger partial charge in [0.05, 0.1) is 6.54 Å². The fourth-order valence-electron chi connectivity index (χ4n) is 4.69. The number of hydrogen-bond donors (Lipinski definition) is 2. The van der Waals surface area contributed by atoms with Crippen molar-refractivity contribution in [2.75, 3.05) is 58.9 Å². The molecule has 0 aromatic heterocycles. The highest BCUT2D eigenvalue weighted by Crippen LogP contribution is 2.16. The van der Waals surface area contributed by atoms with Crippen LogP contribution in [0.1, 0.15) is 25.3 Å². The van der Waals surface area contributed by atoms with Crippen LogP contribution in [0.25, 0.3) is 0 Å². The summed E-state index contributed by atoms with van der Waals surface area (Å²) in [4.78, 5) is 12.5. The molecule has 1 atom stereocenters. The van der Waals surface area contributed by atoms with E-state index in [0.717, 1.165) is 58.1 Å². The van der Waals surface area contributed by atoms with E-state index in [1.54, 1.807) is 12.1 Å². The molecular weight excluding hydrogens is 494 g/mol. The molecule has 0 saturated carbocycles. The lowest BCUT2D eigenvalue weighted by Crippen LogP contribution is -2.62. The average Bonchev–Trinajstić information content (AvgIpc) is 2.76. The average molecular weight is 530 g/mol. The lowest BCUT2D eigenvalue weighted by Gasteiger charge is -2.47. The molecule has 1 aromatic rings. The molecule has 2 N–H and O–H groups in total. The van der Waals surface area contributed by atoms with Gasteiger partial charge in [-0.25, -0.2) is 4.39 Å². The molecule has 30 heavy (non-hydrogen) atoms. The van der Waals surface area contributed by atoms with Gasteiger partial charge in [0.25, 0.3) is 0 Å². The molecule has 0 radical (unpaired) electrons. The van der Waals surface area contributed by atoms with Crippen LogP contribution in [-0.4, -0.2) is 91.6 Å². The van der Waals surface area contributed by atoms with Crippen molar-refractivity contribution in [3.05, 3.63) is 35.6 Å². The second-order valence-corrected chi connectivity index (χ2v) is 8.53. The van der Waals surface area contributed by atoms with Crippen molar-refractivity contribution in [3.63, 3.8) is 0 Å². The lowest BCUT2D eigenvalue weighted by atomic mass is 10.0. The third kappa shape index (κ3) is 6.51. The van der Waals surface area contributed by atoms with Gasteiger partial charge >= 0.3 is 0 Å². The van der Waals surface area contributed by atoms with E-state index in [0.29, 0.717) is 12.1 Å². The molecule has 5 rings (SSSR count). The molecule has 0 amide bonds. The highest BCUT2D eigenvalue weighted by molar-refractivity contribution is 14.0. The minimum absolute atomic E-state index is 0. The number of nitrogens with zero attached hydrogens (tertiary/aromatic N) is 4. The Morgan fingerprint density at radius 1 is 1.07 bits per heavy atom. The van der Waals surface area contributed by atoms with E-state index < -0.39 is 0 Å². The number of halogens is 2. The summed E-state index contributed by atoms with van der Waals surface area (Å²) in [6.45, 7) is 12.9. The molecule has 6 nitrogen and oxygen atoms in total. The maximum Gasteiger partial charge on any atom is 0.191 e. The van der Waals surface area contributed by atoms with Crippen molar-refractivity contribution in [2.45, 2.75) is 38.4 Å². The summed E-state index contributed by atoms with van der Waals surface area (Å²) < 4.78 is 13.1. The van der Waals surface area contributed by atoms with Crippen molar-refractivity contribution in [1.29, 1.82) is 0 Å². The van der Waals surface area contributed by atoms with Gasteiger partial charge < -0.3 is 10.6 Å². The number of piperidine rings is 1. The number of hydrogen-bond acceptors (Lipinski definition) is 4. The van der Waals surface area contributed by atoms with Gasteiger partial charge in [0.15, 0.2) is 5.96 Å². The largest absolute Gasteiger partial charge is 0.357 e. The van der Waals surface area contributed by atoms with Crippen molar-refractivity contribution in [2.24, 2.45) is 4.99 Å². The molecule has 0 aliphatic carbocycles. The summed E-state index contributed by atoms with van der Waals surface area (Å²) in [5.74, 6) is 0.795. The number of fused-ring (bicyclic) bond motifs is 3. The van der Waals surface area contributed by atoms with Crippen LogP contribution >= 0.6 is 24.0 Å². The highest BCUT2D eigenvalue weighted by atomic mass is 127. The molecule has 4 aliphatic heterocycles. The number of piperazine rings is 3. The standard InChI is InChI=1S/C22H35FN6.HI/c1-2-24-22(25-15-21-17-28-11-13-29(21)14-12-28)26-20-7-9-27(10-8-20)16-18-3-5-19(23)6-4-18;/h3-6,20-21H,2,7-17H2,1H3,(H2,24,25,26);1H. The molecule has 4 fully saturated rings. The molecule has 0 spiro atoms. The van der Waals surface area contributed by atoms with E-state index in [4.69, 9.17) is 4.99 Å². The molecular formula is C22H36FIN6. The normalized spacial score (nSPS) is 27.5. The summed E-state index contributed by atoms with van der Waals surface area (Å²) in [5.41, 5.74) is 1.18. The summed E-state index contributed by atoms with van der Waals surface area (Å²) in [7, 11) is 0. The van der Waals surface area contributed by atoms with Crippen molar-refractivity contribution >= 4 is 29.9 Å². The smallest absolute Gasteiger partial charge is 0.191 e. The molecule has 4 heterocycles. The number of guanidine groups is 1. The Labute approximate surface area is 197 Å². The molecule has 8 heteroatoms. The quantitative estimate of drug-likeness (QED) is 0.335. The van der Waals surface area contributed by atoms with Crippen LogP contribution < -0.4 is 10.6 Å². The first-order valence-corrected chi connectivity index (χ1v) is 11.2. The van der Waals surface area contributed by atoms with E-state index >= 15 is 0 Å². The first kappa shape index (κ1) is 23.7. The van der Waals surface area contributed by atoms with E-state index in [-0.39, 0.29) is 29.8 Å². The van der Waals surface area contributed by atoms with Gasteiger partial charge in [-0.15, -0.1) is 24.0 Å². The lowest BCUT2D eigenvalue weighted by molar-refractivity contribution is 0.0174. The first-order chi connectivity index (χ1) is 14.2. The van der Waals surface area contributed by atoms with E-state index in [1.807, 2.05) is 12.1 Å². The van der Waals surface area contributed by atoms with Crippen LogP contribution in [0, 0.1) is 5.82 Å². The Morgan fingerprint density at radius 3 is 2.37 bits per heavy atom. The maximum atomic E-state index is 13.1. The number of rotatable bonds is 6. The Kier molecular flexibility index (Phi) is 9.15. The predicted molar refractivity (Wildman–Crippen MR) is 131 cm³/mol. The van der Waals surface area contributed by atoms with E-state index in [1.165, 1.54) is 31.7 Å². The minimum atomic E-state index is -0.165. The van der Waals surface area contributed by atoms with Crippen LogP contribution in [0.3, 0.4) is 0 Å². The second-order valence-electron chi connectivity index (χ2n) is 8.53. The van der Waals surface area contributed by atoms with Gasteiger partial charge in [0, 0.05) is 71.0 Å². The summed E-state index contributed by atoms with van der Waals surface area (Å²) >= 11 is 0. The Balaban J connectivity index is 0.00000256. The zero-order valence-electron chi connectivity index (χ0n) is 18.0. The van der Waals surface area contributed by atoms with Gasteiger partial charge in [-0.05, 0) is 37.5 Å². The maximum absolute atomic E-state index is 13.1. The van der Waals surface area contributed by atoms with E-state index in [2.05, 4.69) is 32.3 Å². The molecule has 4 saturated heterocycles. The molecule has 168 valence electrons. The van der Waals surface area contributed by atoms with Gasteiger partial charge in [0.2, 0.25) is 0 Å². The Bertz CT molecular complexity index is 669. The predicted octanol–water partition coefficient (Wildman–Crippen LogP) is 1.96. The molecule has 2 bridgehead atoms. The van der Waals surface area contributed by atoms with Crippen LogP contribution in [0.15, 0.2) is 29.3 Å². The molecule has 4 aliphatic rings. The third-order valence-electron chi connectivity index (χ3n) is 6.44. The second kappa shape index (κ2) is 11.6. The topological polar surface area (TPSA) is 46.1 Å². The number of nitrogens with one attached hydrogen (secondary N) is 2. The zero-order chi connectivity index (χ0) is 20.1. The van der Waals surface area contributed by atoms with Crippen molar-refractivity contribution in [1.82, 2.24) is 25.3 Å². The fourth-order valence-corrected chi connectivity index (χ4v) is 4.69. The van der Waals surface area contributed by atoms with Crippen LogP contribution in [0.4, 0.5) is 4.39 Å². The van der Waals surface area contributed by atoms with Crippen molar-refractivity contribution < 1.29 is 4.39 Å². The zero-order valence-corrected chi connectivity index (χ0v) is 20.4. The first-order valence-electron chi connectivity index (χ1n) is 11.2. The van der Waals surface area contributed by atoms with Gasteiger partial charge in [-0.2, -0.15) is 0 Å². The van der Waals surface area contributed by atoms with Crippen LogP contribution in [0.5, 0.6) is 0 Å². The summed E-state index contributed by atoms with van der Waals surface area (Å²) in [6.07, 6.45) is 2.21. The number of likely N-dealkylation sites (tertiary alicyclic amines) is 1. The number of benzene rings is 1. The Morgan fingerprint density at radius 2 is 1.77 bits per heavy atom. The van der Waals surface area contributed by atoms with Gasteiger partial charge in [0.1, 0.15) is 5.82 Å². The summed E-state index contributed by atoms with van der Waals surface area (Å²) in [5, 5.41) is 7.09. The summed E-state index contributed by atoms with van der Waals surface area (Å²) in [6, 6.07) is 7.90. The molecule has 1 aromatic carbocycles. The minimum Gasteiger partial charge on any atom is -0.357 e. The Hall–Kier alpha value is -0.970.